The van der Waals surface area contributed by atoms with Gasteiger partial charge in [-0.25, -0.2) is 9.82 Å². The van der Waals surface area contributed by atoms with E-state index < -0.39 is 6.04 Å². The van der Waals surface area contributed by atoms with Crippen molar-refractivity contribution in [2.75, 3.05) is 0 Å². The van der Waals surface area contributed by atoms with Gasteiger partial charge in [-0.05, 0) is 36.4 Å². The maximum absolute atomic E-state index is 14.1. The highest BCUT2D eigenvalue weighted by atomic mass is 79.9. The van der Waals surface area contributed by atoms with Crippen molar-refractivity contribution in [1.82, 2.24) is 5.43 Å². The number of benzene rings is 2. The average molecular weight is 370 g/mol. The number of hydrogen-bond donors (Lipinski definition) is 2. The van der Waals surface area contributed by atoms with Gasteiger partial charge in [0.2, 0.25) is 0 Å². The molecule has 3 rings (SSSR count). The number of nitrogens with two attached hydrogens (primary N) is 1. The number of rotatable bonds is 3. The third kappa shape index (κ3) is 2.82. The van der Waals surface area contributed by atoms with Crippen LogP contribution < -0.4 is 11.3 Å². The van der Waals surface area contributed by atoms with E-state index in [0.717, 1.165) is 5.39 Å². The predicted molar refractivity (Wildman–Crippen MR) is 84.5 cm³/mol. The minimum absolute atomic E-state index is 0.370. The maximum atomic E-state index is 14.1. The van der Waals surface area contributed by atoms with E-state index in [9.17, 15) is 4.39 Å². The molecule has 6 heteroatoms. The molecule has 0 saturated carbocycles. The normalized spacial score (nSPS) is 12.8. The number of nitrogens with one attached hydrogen (secondary N) is 1. The van der Waals surface area contributed by atoms with Gasteiger partial charge in [-0.1, -0.05) is 33.6 Å². The molecule has 1 heterocycles. The van der Waals surface area contributed by atoms with Gasteiger partial charge >= 0.3 is 0 Å². The van der Waals surface area contributed by atoms with Gasteiger partial charge in [0.15, 0.2) is 0 Å². The van der Waals surface area contributed by atoms with Crippen molar-refractivity contribution >= 4 is 38.5 Å². The highest BCUT2D eigenvalue weighted by Gasteiger charge is 2.20. The number of furan rings is 1. The van der Waals surface area contributed by atoms with E-state index in [2.05, 4.69) is 21.4 Å². The zero-order chi connectivity index (χ0) is 15.0. The van der Waals surface area contributed by atoms with E-state index in [-0.39, 0.29) is 5.82 Å². The second kappa shape index (κ2) is 5.77. The van der Waals surface area contributed by atoms with Crippen LogP contribution in [0.5, 0.6) is 0 Å². The van der Waals surface area contributed by atoms with Crippen LogP contribution in [0.2, 0.25) is 5.02 Å². The van der Waals surface area contributed by atoms with Gasteiger partial charge in [0.1, 0.15) is 23.2 Å². The highest BCUT2D eigenvalue weighted by Crippen LogP contribution is 2.31. The van der Waals surface area contributed by atoms with Crippen molar-refractivity contribution < 1.29 is 8.81 Å². The van der Waals surface area contributed by atoms with Crippen LogP contribution in [0.15, 0.2) is 51.4 Å². The second-order valence-corrected chi connectivity index (χ2v) is 5.95. The van der Waals surface area contributed by atoms with Crippen LogP contribution in [-0.4, -0.2) is 0 Å². The third-order valence-corrected chi connectivity index (χ3v) is 3.95. The van der Waals surface area contributed by atoms with E-state index in [1.807, 2.05) is 0 Å². The third-order valence-electron chi connectivity index (χ3n) is 3.22. The first-order valence-electron chi connectivity index (χ1n) is 6.18. The summed E-state index contributed by atoms with van der Waals surface area (Å²) in [6, 6.07) is 11.3. The molecule has 21 heavy (non-hydrogen) atoms. The molecule has 0 bridgehead atoms. The van der Waals surface area contributed by atoms with Gasteiger partial charge in [0.05, 0.1) is 0 Å². The standard InChI is InChI=1S/C15H11BrClFN2O/c16-9-1-3-11(12(18)7-9)15(20-19)14-6-8-5-10(17)2-4-13(8)21-14/h1-7,15,20H,19H2. The van der Waals surface area contributed by atoms with Crippen LogP contribution in [0.4, 0.5) is 4.39 Å². The van der Waals surface area contributed by atoms with Gasteiger partial charge in [0.25, 0.3) is 0 Å². The summed E-state index contributed by atoms with van der Waals surface area (Å²) in [4.78, 5) is 0. The van der Waals surface area contributed by atoms with Gasteiger partial charge in [0, 0.05) is 20.4 Å². The molecule has 1 unspecified atom stereocenters. The summed E-state index contributed by atoms with van der Waals surface area (Å²) < 4.78 is 20.5. The van der Waals surface area contributed by atoms with Crippen molar-refractivity contribution in [1.29, 1.82) is 0 Å². The number of hydrazine groups is 1. The molecule has 0 aliphatic heterocycles. The largest absolute Gasteiger partial charge is 0.459 e. The number of fused-ring (bicyclic) bond motifs is 1. The fourth-order valence-electron chi connectivity index (χ4n) is 2.24. The number of hydrogen-bond acceptors (Lipinski definition) is 3. The topological polar surface area (TPSA) is 51.2 Å². The maximum Gasteiger partial charge on any atom is 0.134 e. The second-order valence-electron chi connectivity index (χ2n) is 4.60. The Labute approximate surface area is 134 Å². The zero-order valence-corrected chi connectivity index (χ0v) is 13.1. The molecule has 2 aromatic carbocycles. The predicted octanol–water partition coefficient (Wildman–Crippen LogP) is 4.54. The summed E-state index contributed by atoms with van der Waals surface area (Å²) in [6.45, 7) is 0. The molecule has 0 radical (unpaired) electrons. The Morgan fingerprint density at radius 3 is 2.71 bits per heavy atom. The molecule has 1 aromatic heterocycles. The lowest BCUT2D eigenvalue weighted by atomic mass is 10.0. The molecule has 3 N–H and O–H groups in total. The molecule has 0 saturated heterocycles. The van der Waals surface area contributed by atoms with Crippen molar-refractivity contribution in [3.05, 3.63) is 69.1 Å². The molecule has 0 aliphatic rings. The van der Waals surface area contributed by atoms with Crippen LogP contribution >= 0.6 is 27.5 Å². The van der Waals surface area contributed by atoms with Crippen LogP contribution in [0.3, 0.4) is 0 Å². The van der Waals surface area contributed by atoms with E-state index in [1.54, 1.807) is 36.4 Å². The minimum atomic E-state index is -0.579. The summed E-state index contributed by atoms with van der Waals surface area (Å²) in [7, 11) is 0. The van der Waals surface area contributed by atoms with Crippen molar-refractivity contribution in [3.8, 4) is 0 Å². The average Bonchev–Trinajstić information content (AvgIpc) is 2.84. The summed E-state index contributed by atoms with van der Waals surface area (Å²) in [5.74, 6) is 5.74. The highest BCUT2D eigenvalue weighted by molar-refractivity contribution is 9.10. The fourth-order valence-corrected chi connectivity index (χ4v) is 2.75. The molecular weight excluding hydrogens is 359 g/mol. The monoisotopic (exact) mass is 368 g/mol. The molecule has 0 fully saturated rings. The molecule has 0 spiro atoms. The van der Waals surface area contributed by atoms with Crippen molar-refractivity contribution in [2.45, 2.75) is 6.04 Å². The van der Waals surface area contributed by atoms with E-state index >= 15 is 0 Å². The lowest BCUT2D eigenvalue weighted by Crippen LogP contribution is -2.29. The first-order valence-corrected chi connectivity index (χ1v) is 7.35. The Kier molecular flexibility index (Phi) is 3.99. The SMILES string of the molecule is NNC(c1cc2cc(Cl)ccc2o1)c1ccc(Br)cc1F. The first kappa shape index (κ1) is 14.5. The van der Waals surface area contributed by atoms with Crippen LogP contribution in [0.1, 0.15) is 17.4 Å². The Hall–Kier alpha value is -1.40. The molecule has 108 valence electrons. The van der Waals surface area contributed by atoms with Gasteiger partial charge < -0.3 is 4.42 Å². The van der Waals surface area contributed by atoms with Crippen LogP contribution in [0, 0.1) is 5.82 Å². The molecule has 0 amide bonds. The van der Waals surface area contributed by atoms with Crippen LogP contribution in [-0.2, 0) is 0 Å². The quantitative estimate of drug-likeness (QED) is 0.526. The molecule has 1 atom stereocenters. The Balaban J connectivity index is 2.09. The van der Waals surface area contributed by atoms with Gasteiger partial charge in [-0.15, -0.1) is 0 Å². The molecule has 0 aliphatic carbocycles. The summed E-state index contributed by atoms with van der Waals surface area (Å²) >= 11 is 9.18. The van der Waals surface area contributed by atoms with Gasteiger partial charge in [-0.2, -0.15) is 0 Å². The van der Waals surface area contributed by atoms with Gasteiger partial charge in [-0.3, -0.25) is 5.84 Å². The molecule has 3 nitrogen and oxygen atoms in total. The smallest absolute Gasteiger partial charge is 0.134 e. The number of halogens is 3. The summed E-state index contributed by atoms with van der Waals surface area (Å²) in [6.07, 6.45) is 0. The Morgan fingerprint density at radius 2 is 2.00 bits per heavy atom. The van der Waals surface area contributed by atoms with E-state index in [1.165, 1.54) is 6.07 Å². The Bertz CT molecular complexity index is 805. The lowest BCUT2D eigenvalue weighted by molar-refractivity contribution is 0.462. The van der Waals surface area contributed by atoms with E-state index in [0.29, 0.717) is 26.4 Å². The van der Waals surface area contributed by atoms with E-state index in [4.69, 9.17) is 21.9 Å². The minimum Gasteiger partial charge on any atom is -0.459 e. The summed E-state index contributed by atoms with van der Waals surface area (Å²) in [5.41, 5.74) is 3.67. The molecular formula is C15H11BrClFN2O. The molecule has 3 aromatic rings. The summed E-state index contributed by atoms with van der Waals surface area (Å²) in [5, 5.41) is 1.46. The lowest BCUT2D eigenvalue weighted by Gasteiger charge is -2.14. The zero-order valence-electron chi connectivity index (χ0n) is 10.7. The fraction of sp³-hybridized carbons (Fsp3) is 0.0667. The Morgan fingerprint density at radius 1 is 1.19 bits per heavy atom. The first-order chi connectivity index (χ1) is 10.1. The van der Waals surface area contributed by atoms with Crippen molar-refractivity contribution in [2.24, 2.45) is 5.84 Å². The van der Waals surface area contributed by atoms with Crippen LogP contribution in [0.25, 0.3) is 11.0 Å². The van der Waals surface area contributed by atoms with Crippen molar-refractivity contribution in [3.63, 3.8) is 0 Å².